The fourth-order valence-corrected chi connectivity index (χ4v) is 1.81. The van der Waals surface area contributed by atoms with E-state index >= 15 is 0 Å². The number of aromatic nitrogens is 1. The second-order valence-corrected chi connectivity index (χ2v) is 4.47. The van der Waals surface area contributed by atoms with E-state index in [2.05, 4.69) is 4.98 Å². The van der Waals surface area contributed by atoms with Crippen molar-refractivity contribution in [3.63, 3.8) is 0 Å². The van der Waals surface area contributed by atoms with Gasteiger partial charge in [0.25, 0.3) is 6.43 Å². The van der Waals surface area contributed by atoms with Crippen LogP contribution in [-0.4, -0.2) is 13.4 Å². The van der Waals surface area contributed by atoms with E-state index < -0.39 is 37.7 Å². The lowest BCUT2D eigenvalue weighted by atomic mass is 10.2. The van der Waals surface area contributed by atoms with Gasteiger partial charge in [0.05, 0.1) is 11.3 Å². The second kappa shape index (κ2) is 3.87. The van der Waals surface area contributed by atoms with E-state index in [0.717, 1.165) is 0 Å². The van der Waals surface area contributed by atoms with Crippen LogP contribution in [0.4, 0.5) is 14.5 Å². The second-order valence-electron chi connectivity index (χ2n) is 2.59. The maximum Gasteiger partial charge on any atom is 0.267 e. The van der Waals surface area contributed by atoms with Gasteiger partial charge in [0.15, 0.2) is 5.15 Å². The Morgan fingerprint density at radius 1 is 1.47 bits per heavy atom. The average Bonchev–Trinajstić information content (AvgIpc) is 2.06. The third kappa shape index (κ3) is 2.33. The molecule has 0 amide bonds. The molecule has 9 heteroatoms. The van der Waals surface area contributed by atoms with Gasteiger partial charge in [0.2, 0.25) is 10.0 Å². The summed E-state index contributed by atoms with van der Waals surface area (Å²) in [6, 6.07) is 0. The maximum atomic E-state index is 12.5. The number of hydrogen-bond acceptors (Lipinski definition) is 4. The van der Waals surface area contributed by atoms with Crippen LogP contribution in [0.2, 0.25) is 5.15 Å². The van der Waals surface area contributed by atoms with Gasteiger partial charge in [-0.2, -0.15) is 0 Å². The molecule has 0 atom stereocenters. The number of halogens is 3. The Bertz CT molecular complexity index is 491. The summed E-state index contributed by atoms with van der Waals surface area (Å²) < 4.78 is 46.9. The Kier molecular flexibility index (Phi) is 3.12. The number of nitrogen functional groups attached to an aromatic ring is 1. The van der Waals surface area contributed by atoms with Gasteiger partial charge in [-0.3, -0.25) is 0 Å². The lowest BCUT2D eigenvalue weighted by Gasteiger charge is -2.10. The van der Waals surface area contributed by atoms with Gasteiger partial charge in [-0.05, 0) is 0 Å². The van der Waals surface area contributed by atoms with Crippen molar-refractivity contribution in [2.45, 2.75) is 11.3 Å². The first-order valence-electron chi connectivity index (χ1n) is 3.50. The summed E-state index contributed by atoms with van der Waals surface area (Å²) in [4.78, 5) is 2.52. The molecule has 1 aromatic rings. The predicted octanol–water partition coefficient (Wildman–Crippen LogP) is 0.902. The molecule has 1 aromatic heterocycles. The molecule has 0 aliphatic heterocycles. The van der Waals surface area contributed by atoms with Gasteiger partial charge < -0.3 is 5.73 Å². The van der Waals surface area contributed by atoms with Gasteiger partial charge in [-0.15, -0.1) is 0 Å². The van der Waals surface area contributed by atoms with Crippen molar-refractivity contribution >= 4 is 27.3 Å². The number of nitrogens with zero attached hydrogens (tertiary/aromatic N) is 1. The molecular weight excluding hydrogens is 252 g/mol. The van der Waals surface area contributed by atoms with Crippen molar-refractivity contribution in [2.24, 2.45) is 5.14 Å². The Hall–Kier alpha value is -0.990. The highest BCUT2D eigenvalue weighted by atomic mass is 35.5. The monoisotopic (exact) mass is 257 g/mol. The maximum absolute atomic E-state index is 12.5. The minimum absolute atomic E-state index is 0.391. The molecule has 0 spiro atoms. The number of primary sulfonamides is 1. The molecule has 0 saturated heterocycles. The smallest absolute Gasteiger partial charge is 0.267 e. The zero-order valence-electron chi connectivity index (χ0n) is 7.12. The number of rotatable bonds is 2. The van der Waals surface area contributed by atoms with Crippen LogP contribution >= 0.6 is 11.6 Å². The van der Waals surface area contributed by atoms with E-state index in [9.17, 15) is 17.2 Å². The molecule has 1 rings (SSSR count). The first-order chi connectivity index (χ1) is 6.75. The van der Waals surface area contributed by atoms with Crippen molar-refractivity contribution in [1.82, 2.24) is 4.98 Å². The highest BCUT2D eigenvalue weighted by Gasteiger charge is 2.25. The highest BCUT2D eigenvalue weighted by Crippen LogP contribution is 2.33. The van der Waals surface area contributed by atoms with Crippen LogP contribution in [-0.2, 0) is 10.0 Å². The Labute approximate surface area is 89.1 Å². The van der Waals surface area contributed by atoms with Crippen molar-refractivity contribution in [3.8, 4) is 0 Å². The molecule has 0 aromatic carbocycles. The van der Waals surface area contributed by atoms with Crippen molar-refractivity contribution in [3.05, 3.63) is 16.9 Å². The van der Waals surface area contributed by atoms with Crippen LogP contribution in [0.5, 0.6) is 0 Å². The molecule has 84 valence electrons. The van der Waals surface area contributed by atoms with Crippen molar-refractivity contribution < 1.29 is 17.2 Å². The van der Waals surface area contributed by atoms with Crippen LogP contribution in [0.1, 0.15) is 12.0 Å². The van der Waals surface area contributed by atoms with Gasteiger partial charge in [-0.1, -0.05) is 11.6 Å². The third-order valence-corrected chi connectivity index (χ3v) is 2.84. The summed E-state index contributed by atoms with van der Waals surface area (Å²) in [5, 5.41) is 4.32. The molecule has 4 N–H and O–H groups in total. The van der Waals surface area contributed by atoms with Gasteiger partial charge in [-0.25, -0.2) is 27.3 Å². The normalized spacial score (nSPS) is 12.1. The van der Waals surface area contributed by atoms with E-state index in [1.54, 1.807) is 0 Å². The zero-order chi connectivity index (χ0) is 11.8. The Morgan fingerprint density at radius 2 is 2.00 bits per heavy atom. The fraction of sp³-hybridized carbons (Fsp3) is 0.167. The molecule has 0 bridgehead atoms. The number of pyridine rings is 1. The van der Waals surface area contributed by atoms with Gasteiger partial charge in [0, 0.05) is 6.20 Å². The minimum Gasteiger partial charge on any atom is -0.396 e. The molecular formula is C6H6ClF2N3O2S. The molecule has 0 aliphatic rings. The summed E-state index contributed by atoms with van der Waals surface area (Å²) in [5.41, 5.74) is 3.68. The first-order valence-corrected chi connectivity index (χ1v) is 5.42. The third-order valence-electron chi connectivity index (χ3n) is 1.60. The minimum atomic E-state index is -4.30. The molecule has 15 heavy (non-hydrogen) atoms. The summed E-state index contributed by atoms with van der Waals surface area (Å²) in [7, 11) is -4.30. The first kappa shape index (κ1) is 12.1. The molecule has 0 fully saturated rings. The molecule has 0 aliphatic carbocycles. The molecule has 5 nitrogen and oxygen atoms in total. The largest absolute Gasteiger partial charge is 0.396 e. The Balaban J connectivity index is 3.62. The summed E-state index contributed by atoms with van der Waals surface area (Å²) in [5.74, 6) is 0. The van der Waals surface area contributed by atoms with Crippen LogP contribution in [0.3, 0.4) is 0 Å². The van der Waals surface area contributed by atoms with E-state index in [0.29, 0.717) is 6.20 Å². The van der Waals surface area contributed by atoms with E-state index in [-0.39, 0.29) is 0 Å². The standard InChI is InChI=1S/C6H6ClF2N3O2S/c7-5-4(10)3(6(8)9)2(1-12-5)15(11,13)14/h1,6H,10H2,(H2,11,13,14). The highest BCUT2D eigenvalue weighted by molar-refractivity contribution is 7.89. The SMILES string of the molecule is Nc1c(Cl)ncc(S(N)(=O)=O)c1C(F)F. The summed E-state index contributed by atoms with van der Waals surface area (Å²) >= 11 is 5.37. The van der Waals surface area contributed by atoms with Crippen LogP contribution in [0.25, 0.3) is 0 Å². The quantitative estimate of drug-likeness (QED) is 0.769. The van der Waals surface area contributed by atoms with Crippen molar-refractivity contribution in [1.29, 1.82) is 0 Å². The number of sulfonamides is 1. The zero-order valence-corrected chi connectivity index (χ0v) is 8.69. The summed E-state index contributed by atoms with van der Waals surface area (Å²) in [6.07, 6.45) is -2.45. The van der Waals surface area contributed by atoms with Crippen molar-refractivity contribution in [2.75, 3.05) is 5.73 Å². The van der Waals surface area contributed by atoms with Crippen LogP contribution in [0.15, 0.2) is 11.1 Å². The number of hydrogen-bond donors (Lipinski definition) is 2. The molecule has 0 unspecified atom stereocenters. The number of anilines is 1. The van der Waals surface area contributed by atoms with Gasteiger partial charge in [0.1, 0.15) is 4.90 Å². The Morgan fingerprint density at radius 3 is 2.40 bits per heavy atom. The summed E-state index contributed by atoms with van der Waals surface area (Å²) in [6.45, 7) is 0. The lowest BCUT2D eigenvalue weighted by Crippen LogP contribution is -2.16. The number of alkyl halides is 2. The van der Waals surface area contributed by atoms with E-state index in [1.165, 1.54) is 0 Å². The van der Waals surface area contributed by atoms with E-state index in [4.69, 9.17) is 22.5 Å². The van der Waals surface area contributed by atoms with Crippen LogP contribution in [0, 0.1) is 0 Å². The van der Waals surface area contributed by atoms with E-state index in [1.807, 2.05) is 0 Å². The average molecular weight is 258 g/mol. The van der Waals surface area contributed by atoms with Crippen LogP contribution < -0.4 is 10.9 Å². The predicted molar refractivity (Wildman–Crippen MR) is 50.0 cm³/mol. The topological polar surface area (TPSA) is 99.1 Å². The van der Waals surface area contributed by atoms with Gasteiger partial charge >= 0.3 is 0 Å². The molecule has 0 radical (unpaired) electrons. The number of nitrogens with two attached hydrogens (primary N) is 2. The fourth-order valence-electron chi connectivity index (χ4n) is 0.950. The molecule has 0 saturated carbocycles. The lowest BCUT2D eigenvalue weighted by molar-refractivity contribution is 0.148. The molecule has 1 heterocycles.